The molecule has 0 bridgehead atoms. The summed E-state index contributed by atoms with van der Waals surface area (Å²) in [5.41, 5.74) is 4.35. The quantitative estimate of drug-likeness (QED) is 0.600. The third-order valence-electron chi connectivity index (χ3n) is 3.01. The van der Waals surface area contributed by atoms with E-state index in [-0.39, 0.29) is 13.0 Å². The Labute approximate surface area is 118 Å². The predicted octanol–water partition coefficient (Wildman–Crippen LogP) is 2.44. The predicted molar refractivity (Wildman–Crippen MR) is 65.8 cm³/mol. The molecule has 3 N–H and O–H groups in total. The van der Waals surface area contributed by atoms with Gasteiger partial charge < -0.3 is 15.6 Å². The molecule has 0 aromatic heterocycles. The Balaban J connectivity index is 2.54. The summed E-state index contributed by atoms with van der Waals surface area (Å²) in [5.74, 6) is -4.92. The van der Waals surface area contributed by atoms with Gasteiger partial charge in [-0.2, -0.15) is 22.0 Å². The fraction of sp³-hybridized carbons (Fsp3) is 0.538. The highest BCUT2D eigenvalue weighted by molar-refractivity contribution is 5.22. The topological polar surface area (TPSA) is 55.5 Å². The molecule has 1 atom stereocenters. The fourth-order valence-electron chi connectivity index (χ4n) is 1.64. The number of hydrogen-bond donors (Lipinski definition) is 2. The summed E-state index contributed by atoms with van der Waals surface area (Å²) < 4.78 is 65.4. The van der Waals surface area contributed by atoms with Crippen LogP contribution in [0.1, 0.15) is 12.0 Å². The summed E-state index contributed by atoms with van der Waals surface area (Å²) in [6.07, 6.45) is -5.85. The van der Waals surface area contributed by atoms with Gasteiger partial charge in [-0.25, -0.2) is 0 Å². The standard InChI is InChI=1S/C13H16F5NO2/c14-12(15,13(16,17)18)9-21-7-6-11(20,8-19)10-4-2-1-3-5-10/h1-5,20H,6-9,19H2. The summed E-state index contributed by atoms with van der Waals surface area (Å²) in [7, 11) is 0. The van der Waals surface area contributed by atoms with Crippen molar-refractivity contribution in [3.8, 4) is 0 Å². The minimum Gasteiger partial charge on any atom is -0.384 e. The molecule has 0 saturated carbocycles. The number of alkyl halides is 5. The zero-order valence-electron chi connectivity index (χ0n) is 11.0. The Morgan fingerprint density at radius 1 is 1.05 bits per heavy atom. The van der Waals surface area contributed by atoms with Crippen LogP contribution in [0.3, 0.4) is 0 Å². The van der Waals surface area contributed by atoms with Gasteiger partial charge in [0, 0.05) is 19.6 Å². The molecule has 1 aromatic carbocycles. The lowest BCUT2D eigenvalue weighted by molar-refractivity contribution is -0.297. The van der Waals surface area contributed by atoms with E-state index in [0.717, 1.165) is 0 Å². The van der Waals surface area contributed by atoms with Crippen LogP contribution in [0.4, 0.5) is 22.0 Å². The molecule has 8 heteroatoms. The molecule has 0 aliphatic heterocycles. The Morgan fingerprint density at radius 3 is 2.10 bits per heavy atom. The van der Waals surface area contributed by atoms with Crippen molar-refractivity contribution < 1.29 is 31.8 Å². The minimum absolute atomic E-state index is 0.193. The molecule has 0 amide bonds. The first kappa shape index (κ1) is 17.8. The smallest absolute Gasteiger partial charge is 0.384 e. The number of rotatable bonds is 7. The normalized spacial score (nSPS) is 15.8. The maximum absolute atomic E-state index is 12.6. The van der Waals surface area contributed by atoms with E-state index in [1.165, 1.54) is 0 Å². The molecule has 120 valence electrons. The Morgan fingerprint density at radius 2 is 1.62 bits per heavy atom. The van der Waals surface area contributed by atoms with Crippen molar-refractivity contribution >= 4 is 0 Å². The van der Waals surface area contributed by atoms with Crippen molar-refractivity contribution in [1.82, 2.24) is 0 Å². The van der Waals surface area contributed by atoms with Gasteiger partial charge >= 0.3 is 12.1 Å². The van der Waals surface area contributed by atoms with Crippen LogP contribution in [0.25, 0.3) is 0 Å². The molecule has 0 radical (unpaired) electrons. The largest absolute Gasteiger partial charge is 0.455 e. The van der Waals surface area contributed by atoms with E-state index in [1.54, 1.807) is 30.3 Å². The highest BCUT2D eigenvalue weighted by Crippen LogP contribution is 2.35. The summed E-state index contributed by atoms with van der Waals surface area (Å²) >= 11 is 0. The van der Waals surface area contributed by atoms with E-state index in [0.29, 0.717) is 5.56 Å². The number of halogens is 5. The van der Waals surface area contributed by atoms with E-state index in [2.05, 4.69) is 4.74 Å². The average molecular weight is 313 g/mol. The lowest BCUT2D eigenvalue weighted by Gasteiger charge is -2.27. The third kappa shape index (κ3) is 4.62. The number of ether oxygens (including phenoxy) is 1. The highest BCUT2D eigenvalue weighted by atomic mass is 19.4. The second kappa shape index (κ2) is 6.67. The van der Waals surface area contributed by atoms with Crippen LogP contribution in [0.15, 0.2) is 30.3 Å². The van der Waals surface area contributed by atoms with E-state index in [9.17, 15) is 27.1 Å². The molecular weight excluding hydrogens is 297 g/mol. The summed E-state index contributed by atoms with van der Waals surface area (Å²) in [5, 5.41) is 10.3. The first-order valence-electron chi connectivity index (χ1n) is 6.13. The molecule has 0 aliphatic rings. The number of nitrogens with two attached hydrogens (primary N) is 1. The molecule has 3 nitrogen and oxygen atoms in total. The van der Waals surface area contributed by atoms with Gasteiger partial charge in [-0.3, -0.25) is 0 Å². The lowest BCUT2D eigenvalue weighted by Crippen LogP contribution is -2.41. The van der Waals surface area contributed by atoms with Gasteiger partial charge in [0.2, 0.25) is 0 Å². The average Bonchev–Trinajstić information content (AvgIpc) is 2.43. The Bertz CT molecular complexity index is 438. The second-order valence-corrected chi connectivity index (χ2v) is 4.61. The Kier molecular flexibility index (Phi) is 5.66. The minimum atomic E-state index is -5.66. The van der Waals surface area contributed by atoms with Crippen molar-refractivity contribution in [2.75, 3.05) is 19.8 Å². The molecule has 0 fully saturated rings. The van der Waals surface area contributed by atoms with Gasteiger partial charge in [0.1, 0.15) is 12.2 Å². The molecule has 0 spiro atoms. The molecule has 0 aliphatic carbocycles. The van der Waals surface area contributed by atoms with Crippen LogP contribution < -0.4 is 5.73 Å². The lowest BCUT2D eigenvalue weighted by atomic mass is 9.91. The summed E-state index contributed by atoms with van der Waals surface area (Å²) in [6.45, 7) is -2.48. The maximum Gasteiger partial charge on any atom is 0.455 e. The summed E-state index contributed by atoms with van der Waals surface area (Å²) in [6, 6.07) is 8.17. The monoisotopic (exact) mass is 313 g/mol. The van der Waals surface area contributed by atoms with Crippen molar-refractivity contribution in [1.29, 1.82) is 0 Å². The van der Waals surface area contributed by atoms with Crippen LogP contribution in [0.5, 0.6) is 0 Å². The van der Waals surface area contributed by atoms with Crippen molar-refractivity contribution in [2.24, 2.45) is 5.73 Å². The Hall–Kier alpha value is -1.25. The molecule has 0 heterocycles. The highest BCUT2D eigenvalue weighted by Gasteiger charge is 2.57. The summed E-state index contributed by atoms with van der Waals surface area (Å²) in [4.78, 5) is 0. The molecule has 1 aromatic rings. The molecular formula is C13H16F5NO2. The van der Waals surface area contributed by atoms with Gasteiger partial charge in [0.05, 0.1) is 0 Å². The van der Waals surface area contributed by atoms with Crippen molar-refractivity contribution in [3.63, 3.8) is 0 Å². The van der Waals surface area contributed by atoms with Crippen LogP contribution in [0.2, 0.25) is 0 Å². The molecule has 21 heavy (non-hydrogen) atoms. The number of hydrogen-bond acceptors (Lipinski definition) is 3. The van der Waals surface area contributed by atoms with Gasteiger partial charge in [-0.15, -0.1) is 0 Å². The maximum atomic E-state index is 12.6. The SMILES string of the molecule is NCC(O)(CCOCC(F)(F)C(F)(F)F)c1ccccc1. The molecule has 1 rings (SSSR count). The first-order valence-corrected chi connectivity index (χ1v) is 6.13. The van der Waals surface area contributed by atoms with Gasteiger partial charge in [0.25, 0.3) is 0 Å². The van der Waals surface area contributed by atoms with E-state index < -0.39 is 30.9 Å². The van der Waals surface area contributed by atoms with Gasteiger partial charge in [-0.05, 0) is 5.56 Å². The zero-order chi connectivity index (χ0) is 16.1. The van der Waals surface area contributed by atoms with Crippen LogP contribution in [-0.2, 0) is 10.3 Å². The van der Waals surface area contributed by atoms with Gasteiger partial charge in [-0.1, -0.05) is 30.3 Å². The third-order valence-corrected chi connectivity index (χ3v) is 3.01. The van der Waals surface area contributed by atoms with Crippen LogP contribution in [-0.4, -0.2) is 37.0 Å². The fourth-order valence-corrected chi connectivity index (χ4v) is 1.64. The zero-order valence-corrected chi connectivity index (χ0v) is 11.0. The van der Waals surface area contributed by atoms with Gasteiger partial charge in [0.15, 0.2) is 0 Å². The second-order valence-electron chi connectivity index (χ2n) is 4.61. The van der Waals surface area contributed by atoms with Crippen LogP contribution >= 0.6 is 0 Å². The van der Waals surface area contributed by atoms with E-state index in [4.69, 9.17) is 5.73 Å². The van der Waals surface area contributed by atoms with E-state index in [1.807, 2.05) is 0 Å². The van der Waals surface area contributed by atoms with Crippen molar-refractivity contribution in [2.45, 2.75) is 24.1 Å². The van der Waals surface area contributed by atoms with Crippen molar-refractivity contribution in [3.05, 3.63) is 35.9 Å². The molecule has 0 saturated heterocycles. The van der Waals surface area contributed by atoms with E-state index >= 15 is 0 Å². The number of aliphatic hydroxyl groups is 1. The van der Waals surface area contributed by atoms with Crippen LogP contribution in [0, 0.1) is 0 Å². The first-order chi connectivity index (χ1) is 9.62. The molecule has 1 unspecified atom stereocenters. The number of benzene rings is 1.